The van der Waals surface area contributed by atoms with E-state index in [2.05, 4.69) is 15.1 Å². The minimum atomic E-state index is -4.41. The van der Waals surface area contributed by atoms with Crippen molar-refractivity contribution in [3.05, 3.63) is 59.8 Å². The summed E-state index contributed by atoms with van der Waals surface area (Å²) in [5, 5.41) is 4.19. The van der Waals surface area contributed by atoms with Gasteiger partial charge >= 0.3 is 6.18 Å². The Kier molecular flexibility index (Phi) is 4.52. The molecule has 0 spiro atoms. The summed E-state index contributed by atoms with van der Waals surface area (Å²) < 4.78 is 55.3. The van der Waals surface area contributed by atoms with Gasteiger partial charge in [-0.3, -0.25) is 0 Å². The van der Waals surface area contributed by atoms with E-state index in [4.69, 9.17) is 4.52 Å². The zero-order chi connectivity index (χ0) is 17.2. The molecule has 0 amide bonds. The van der Waals surface area contributed by atoms with Crippen LogP contribution in [0.25, 0.3) is 11.5 Å². The van der Waals surface area contributed by atoms with E-state index in [0.29, 0.717) is 16.4 Å². The van der Waals surface area contributed by atoms with E-state index >= 15 is 0 Å². The molecule has 0 N–H and O–H groups in total. The lowest BCUT2D eigenvalue weighted by molar-refractivity contribution is -0.137. The van der Waals surface area contributed by atoms with Crippen molar-refractivity contribution in [2.24, 2.45) is 0 Å². The largest absolute Gasteiger partial charge is 0.417 e. The topological polar surface area (TPSA) is 51.8 Å². The highest BCUT2D eigenvalue weighted by atomic mass is 32.2. The van der Waals surface area contributed by atoms with Gasteiger partial charge in [0, 0.05) is 11.8 Å². The SMILES string of the molecule is Fc1ccc(-c2nc(CSc3ccc(C(F)(F)F)cn3)no2)cc1. The first-order valence-electron chi connectivity index (χ1n) is 6.66. The van der Waals surface area contributed by atoms with Crippen LogP contribution < -0.4 is 0 Å². The molecule has 124 valence electrons. The van der Waals surface area contributed by atoms with Gasteiger partial charge in [-0.25, -0.2) is 9.37 Å². The number of benzene rings is 1. The Morgan fingerprint density at radius 2 is 1.79 bits per heavy atom. The molecule has 9 heteroatoms. The quantitative estimate of drug-likeness (QED) is 0.506. The maximum absolute atomic E-state index is 12.9. The second-order valence-corrected chi connectivity index (χ2v) is 5.69. The van der Waals surface area contributed by atoms with E-state index in [0.717, 1.165) is 12.3 Å². The van der Waals surface area contributed by atoms with Gasteiger partial charge in [-0.2, -0.15) is 18.2 Å². The van der Waals surface area contributed by atoms with Gasteiger partial charge in [0.25, 0.3) is 5.89 Å². The third kappa shape index (κ3) is 3.91. The van der Waals surface area contributed by atoms with E-state index in [1.165, 1.54) is 42.1 Å². The van der Waals surface area contributed by atoms with E-state index in [-0.39, 0.29) is 17.5 Å². The highest BCUT2D eigenvalue weighted by Gasteiger charge is 2.30. The molecule has 2 aromatic heterocycles. The van der Waals surface area contributed by atoms with Crippen molar-refractivity contribution in [1.29, 1.82) is 0 Å². The molecule has 0 radical (unpaired) electrons. The van der Waals surface area contributed by atoms with Gasteiger partial charge in [-0.1, -0.05) is 16.9 Å². The fourth-order valence-corrected chi connectivity index (χ4v) is 2.48. The van der Waals surface area contributed by atoms with Gasteiger partial charge in [-0.15, -0.1) is 0 Å². The number of rotatable bonds is 4. The molecule has 0 saturated heterocycles. The molecule has 2 heterocycles. The number of hydrogen-bond donors (Lipinski definition) is 0. The van der Waals surface area contributed by atoms with Crippen LogP contribution in [-0.2, 0) is 11.9 Å². The summed E-state index contributed by atoms with van der Waals surface area (Å²) in [4.78, 5) is 7.90. The van der Waals surface area contributed by atoms with Crippen molar-refractivity contribution in [3.8, 4) is 11.5 Å². The summed E-state index contributed by atoms with van der Waals surface area (Å²) in [7, 11) is 0. The molecule has 24 heavy (non-hydrogen) atoms. The smallest absolute Gasteiger partial charge is 0.334 e. The van der Waals surface area contributed by atoms with Gasteiger partial charge in [0.15, 0.2) is 5.82 Å². The van der Waals surface area contributed by atoms with Crippen molar-refractivity contribution in [1.82, 2.24) is 15.1 Å². The fourth-order valence-electron chi connectivity index (χ4n) is 1.79. The molecule has 3 aromatic rings. The molecular weight excluding hydrogens is 346 g/mol. The molecule has 0 aliphatic carbocycles. The number of thioether (sulfide) groups is 1. The summed E-state index contributed by atoms with van der Waals surface area (Å²) in [5.74, 6) is 0.512. The molecule has 3 rings (SSSR count). The zero-order valence-corrected chi connectivity index (χ0v) is 12.7. The first-order valence-corrected chi connectivity index (χ1v) is 7.65. The number of pyridine rings is 1. The Labute approximate surface area is 137 Å². The Morgan fingerprint density at radius 1 is 1.04 bits per heavy atom. The highest BCUT2D eigenvalue weighted by molar-refractivity contribution is 7.98. The van der Waals surface area contributed by atoms with E-state index in [9.17, 15) is 17.6 Å². The minimum absolute atomic E-state index is 0.242. The Hall–Kier alpha value is -2.42. The molecule has 0 bridgehead atoms. The second kappa shape index (κ2) is 6.60. The third-order valence-electron chi connectivity index (χ3n) is 2.97. The van der Waals surface area contributed by atoms with E-state index in [1.807, 2.05) is 0 Å². The predicted molar refractivity (Wildman–Crippen MR) is 78.5 cm³/mol. The number of hydrogen-bond acceptors (Lipinski definition) is 5. The molecule has 4 nitrogen and oxygen atoms in total. The van der Waals surface area contributed by atoms with Crippen LogP contribution >= 0.6 is 11.8 Å². The van der Waals surface area contributed by atoms with Crippen molar-refractivity contribution < 1.29 is 22.1 Å². The van der Waals surface area contributed by atoms with Crippen LogP contribution in [0.1, 0.15) is 11.4 Å². The molecule has 0 fully saturated rings. The normalized spacial score (nSPS) is 11.7. The van der Waals surface area contributed by atoms with Crippen LogP contribution in [0, 0.1) is 5.82 Å². The van der Waals surface area contributed by atoms with Gasteiger partial charge in [0.1, 0.15) is 5.82 Å². The van der Waals surface area contributed by atoms with Crippen LogP contribution in [0.3, 0.4) is 0 Å². The summed E-state index contributed by atoms with van der Waals surface area (Å²) in [6.45, 7) is 0. The standard InChI is InChI=1S/C15H9F4N3OS/c16-11-4-1-9(2-5-11)14-21-12(22-23-14)8-24-13-6-3-10(7-20-13)15(17,18)19/h1-7H,8H2. The molecule has 0 unspecified atom stereocenters. The van der Waals surface area contributed by atoms with Crippen molar-refractivity contribution in [3.63, 3.8) is 0 Å². The zero-order valence-electron chi connectivity index (χ0n) is 11.9. The predicted octanol–water partition coefficient (Wildman–Crippen LogP) is 4.58. The van der Waals surface area contributed by atoms with E-state index < -0.39 is 11.7 Å². The number of nitrogens with zero attached hydrogens (tertiary/aromatic N) is 3. The number of alkyl halides is 3. The van der Waals surface area contributed by atoms with Crippen molar-refractivity contribution >= 4 is 11.8 Å². The van der Waals surface area contributed by atoms with Crippen LogP contribution in [0.2, 0.25) is 0 Å². The van der Waals surface area contributed by atoms with Crippen LogP contribution in [-0.4, -0.2) is 15.1 Å². The van der Waals surface area contributed by atoms with Crippen LogP contribution in [0.5, 0.6) is 0 Å². The Bertz CT molecular complexity index is 816. The fraction of sp³-hybridized carbons (Fsp3) is 0.133. The molecule has 0 saturated carbocycles. The number of halogens is 4. The average molecular weight is 355 g/mol. The molecular formula is C15H9F4N3OS. The Balaban J connectivity index is 1.64. The third-order valence-corrected chi connectivity index (χ3v) is 3.91. The van der Waals surface area contributed by atoms with Gasteiger partial charge in [0.2, 0.25) is 0 Å². The van der Waals surface area contributed by atoms with Crippen molar-refractivity contribution in [2.45, 2.75) is 17.0 Å². The molecule has 0 atom stereocenters. The minimum Gasteiger partial charge on any atom is -0.334 e. The van der Waals surface area contributed by atoms with Crippen LogP contribution in [0.15, 0.2) is 52.1 Å². The Morgan fingerprint density at radius 3 is 2.42 bits per heavy atom. The lowest BCUT2D eigenvalue weighted by atomic mass is 10.2. The summed E-state index contributed by atoms with van der Waals surface area (Å²) in [6.07, 6.45) is -3.63. The van der Waals surface area contributed by atoms with Crippen molar-refractivity contribution in [2.75, 3.05) is 0 Å². The second-order valence-electron chi connectivity index (χ2n) is 4.69. The van der Waals surface area contributed by atoms with E-state index in [1.54, 1.807) is 0 Å². The molecule has 0 aliphatic rings. The molecule has 0 aliphatic heterocycles. The lowest BCUT2D eigenvalue weighted by Crippen LogP contribution is -2.05. The lowest BCUT2D eigenvalue weighted by Gasteiger charge is -2.05. The van der Waals surface area contributed by atoms with Gasteiger partial charge in [-0.05, 0) is 36.4 Å². The maximum Gasteiger partial charge on any atom is 0.417 e. The molecule has 1 aromatic carbocycles. The average Bonchev–Trinajstić information content (AvgIpc) is 3.02. The van der Waals surface area contributed by atoms with Gasteiger partial charge < -0.3 is 4.52 Å². The maximum atomic E-state index is 12.9. The van der Waals surface area contributed by atoms with Crippen LogP contribution in [0.4, 0.5) is 17.6 Å². The monoisotopic (exact) mass is 355 g/mol. The first-order chi connectivity index (χ1) is 11.4. The summed E-state index contributed by atoms with van der Waals surface area (Å²) in [5.41, 5.74) is -0.224. The first kappa shape index (κ1) is 16.4. The highest BCUT2D eigenvalue weighted by Crippen LogP contribution is 2.30. The summed E-state index contributed by atoms with van der Waals surface area (Å²) in [6, 6.07) is 7.83. The summed E-state index contributed by atoms with van der Waals surface area (Å²) >= 11 is 1.18. The number of aromatic nitrogens is 3. The van der Waals surface area contributed by atoms with Gasteiger partial charge in [0.05, 0.1) is 16.3 Å².